The minimum Gasteiger partial charge on any atom is -0.478 e. The first kappa shape index (κ1) is 17.8. The number of unbranched alkanes of at least 4 members (excludes halogenated alkanes) is 4. The van der Waals surface area contributed by atoms with Gasteiger partial charge in [0.1, 0.15) is 0 Å². The number of carboxylic acids is 1. The minimum atomic E-state index is -1.09. The quantitative estimate of drug-likeness (QED) is 0.524. The predicted octanol–water partition coefficient (Wildman–Crippen LogP) is 3.27. The van der Waals surface area contributed by atoms with Crippen LogP contribution in [0.2, 0.25) is 0 Å². The van der Waals surface area contributed by atoms with E-state index in [-0.39, 0.29) is 10.8 Å². The number of hydrogen-bond acceptors (Lipinski definition) is 4. The molecule has 5 nitrogen and oxygen atoms in total. The van der Waals surface area contributed by atoms with E-state index in [4.69, 9.17) is 5.11 Å². The average molecular weight is 312 g/mol. The molecule has 1 fully saturated rings. The van der Waals surface area contributed by atoms with E-state index in [9.17, 15) is 9.59 Å². The molecule has 0 aromatic carbocycles. The molecule has 6 heteroatoms. The fourth-order valence-corrected chi connectivity index (χ4v) is 2.99. The molecule has 1 saturated heterocycles. The van der Waals surface area contributed by atoms with Crippen LogP contribution in [-0.4, -0.2) is 40.1 Å². The zero-order chi connectivity index (χ0) is 15.7. The summed E-state index contributed by atoms with van der Waals surface area (Å²) in [7, 11) is 0. The highest BCUT2D eigenvalue weighted by Crippen LogP contribution is 2.31. The van der Waals surface area contributed by atoms with Crippen LogP contribution in [0.3, 0.4) is 0 Å². The Hall–Kier alpha value is -1.30. The zero-order valence-electron chi connectivity index (χ0n) is 12.8. The summed E-state index contributed by atoms with van der Waals surface area (Å²) < 4.78 is 0. The Morgan fingerprint density at radius 3 is 2.52 bits per heavy atom. The summed E-state index contributed by atoms with van der Waals surface area (Å²) in [6.45, 7) is 5.54. The van der Waals surface area contributed by atoms with Crippen molar-refractivity contribution < 1.29 is 14.7 Å². The Morgan fingerprint density at radius 2 is 1.90 bits per heavy atom. The third-order valence-corrected chi connectivity index (χ3v) is 4.18. The summed E-state index contributed by atoms with van der Waals surface area (Å²) in [5.74, 6) is -1.32. The standard InChI is InChI=1S/C15H24N2O3S/c1-3-5-7-9-16-15-17(10-8-6-4-2)14(20)12(21-15)11-13(18)19/h11H,3-10H2,1-2H3,(H,18,19)/b12-11-,16-15+. The van der Waals surface area contributed by atoms with E-state index in [1.54, 1.807) is 4.90 Å². The van der Waals surface area contributed by atoms with Gasteiger partial charge in [0.2, 0.25) is 0 Å². The molecule has 0 bridgehead atoms. The molecular formula is C15H24N2O3S. The maximum atomic E-state index is 12.2. The van der Waals surface area contributed by atoms with Gasteiger partial charge in [0, 0.05) is 19.2 Å². The molecule has 0 saturated carbocycles. The number of nitrogens with zero attached hydrogens (tertiary/aromatic N) is 2. The van der Waals surface area contributed by atoms with Crippen molar-refractivity contribution in [2.45, 2.75) is 52.4 Å². The monoisotopic (exact) mass is 312 g/mol. The van der Waals surface area contributed by atoms with Crippen molar-refractivity contribution in [3.05, 3.63) is 11.0 Å². The fourth-order valence-electron chi connectivity index (χ4n) is 1.99. The minimum absolute atomic E-state index is 0.229. The van der Waals surface area contributed by atoms with Crippen LogP contribution in [0, 0.1) is 0 Å². The summed E-state index contributed by atoms with van der Waals surface area (Å²) in [6, 6.07) is 0. The van der Waals surface area contributed by atoms with E-state index in [2.05, 4.69) is 18.8 Å². The molecule has 1 amide bonds. The number of carbonyl (C=O) groups is 2. The fraction of sp³-hybridized carbons (Fsp3) is 0.667. The van der Waals surface area contributed by atoms with Crippen molar-refractivity contribution in [2.75, 3.05) is 13.1 Å². The van der Waals surface area contributed by atoms with Crippen molar-refractivity contribution in [3.63, 3.8) is 0 Å². The number of amides is 1. The number of carboxylic acid groups (broad SMARTS) is 1. The first-order valence-electron chi connectivity index (χ1n) is 7.58. The van der Waals surface area contributed by atoms with E-state index in [0.717, 1.165) is 44.6 Å². The number of aliphatic carboxylic acids is 1. The van der Waals surface area contributed by atoms with Crippen LogP contribution in [0.15, 0.2) is 16.0 Å². The molecule has 118 valence electrons. The second kappa shape index (κ2) is 9.60. The lowest BCUT2D eigenvalue weighted by Gasteiger charge is -2.15. The highest BCUT2D eigenvalue weighted by atomic mass is 32.2. The SMILES string of the molecule is CCCCC/N=C1/S/C(=C\C(=O)O)C(=O)N1CCCCC. The third kappa shape index (κ3) is 5.91. The van der Waals surface area contributed by atoms with Crippen LogP contribution in [0.1, 0.15) is 52.4 Å². The van der Waals surface area contributed by atoms with E-state index < -0.39 is 5.97 Å². The zero-order valence-corrected chi connectivity index (χ0v) is 13.6. The van der Waals surface area contributed by atoms with Gasteiger partial charge in [0.05, 0.1) is 4.91 Å². The number of amidine groups is 1. The van der Waals surface area contributed by atoms with Gasteiger partial charge in [-0.2, -0.15) is 0 Å². The smallest absolute Gasteiger partial charge is 0.329 e. The largest absolute Gasteiger partial charge is 0.478 e. The molecular weight excluding hydrogens is 288 g/mol. The van der Waals surface area contributed by atoms with Gasteiger partial charge >= 0.3 is 5.97 Å². The number of hydrogen-bond donors (Lipinski definition) is 1. The second-order valence-electron chi connectivity index (χ2n) is 4.98. The molecule has 0 spiro atoms. The normalized spacial score (nSPS) is 19.0. The summed E-state index contributed by atoms with van der Waals surface area (Å²) in [5, 5.41) is 9.48. The molecule has 1 N–H and O–H groups in total. The molecule has 1 heterocycles. The van der Waals surface area contributed by atoms with Crippen LogP contribution in [0.4, 0.5) is 0 Å². The van der Waals surface area contributed by atoms with Crippen molar-refractivity contribution in [1.29, 1.82) is 0 Å². The lowest BCUT2D eigenvalue weighted by atomic mass is 10.2. The maximum Gasteiger partial charge on any atom is 0.329 e. The molecule has 0 unspecified atom stereocenters. The molecule has 0 aliphatic carbocycles. The Kier molecular flexibility index (Phi) is 8.12. The third-order valence-electron chi connectivity index (χ3n) is 3.14. The number of thioether (sulfide) groups is 1. The van der Waals surface area contributed by atoms with Crippen molar-refractivity contribution in [1.82, 2.24) is 4.90 Å². The Morgan fingerprint density at radius 1 is 1.24 bits per heavy atom. The Balaban J connectivity index is 2.75. The molecule has 0 aromatic rings. The van der Waals surface area contributed by atoms with Gasteiger partial charge in [-0.3, -0.25) is 14.7 Å². The molecule has 0 radical (unpaired) electrons. The Labute approximate surface area is 130 Å². The van der Waals surface area contributed by atoms with Crippen molar-refractivity contribution in [2.24, 2.45) is 4.99 Å². The number of carbonyl (C=O) groups excluding carboxylic acids is 1. The van der Waals surface area contributed by atoms with Crippen molar-refractivity contribution in [3.8, 4) is 0 Å². The summed E-state index contributed by atoms with van der Waals surface area (Å²) >= 11 is 1.18. The first-order valence-corrected chi connectivity index (χ1v) is 8.40. The average Bonchev–Trinajstić information content (AvgIpc) is 2.72. The Bertz CT molecular complexity index is 433. The van der Waals surface area contributed by atoms with E-state index in [0.29, 0.717) is 18.3 Å². The van der Waals surface area contributed by atoms with Gasteiger partial charge in [-0.25, -0.2) is 4.79 Å². The highest BCUT2D eigenvalue weighted by molar-refractivity contribution is 8.18. The molecule has 1 rings (SSSR count). The highest BCUT2D eigenvalue weighted by Gasteiger charge is 2.33. The van der Waals surface area contributed by atoms with Crippen LogP contribution >= 0.6 is 11.8 Å². The molecule has 0 atom stereocenters. The molecule has 21 heavy (non-hydrogen) atoms. The van der Waals surface area contributed by atoms with Gasteiger partial charge in [-0.1, -0.05) is 39.5 Å². The lowest BCUT2D eigenvalue weighted by Crippen LogP contribution is -2.30. The van der Waals surface area contributed by atoms with Crippen LogP contribution < -0.4 is 0 Å². The van der Waals surface area contributed by atoms with Crippen LogP contribution in [-0.2, 0) is 9.59 Å². The van der Waals surface area contributed by atoms with Gasteiger partial charge in [0.15, 0.2) is 5.17 Å². The van der Waals surface area contributed by atoms with Crippen molar-refractivity contribution >= 4 is 28.8 Å². The van der Waals surface area contributed by atoms with Gasteiger partial charge in [-0.05, 0) is 24.6 Å². The second-order valence-corrected chi connectivity index (χ2v) is 5.99. The van der Waals surface area contributed by atoms with Crippen LogP contribution in [0.25, 0.3) is 0 Å². The summed E-state index contributed by atoms with van der Waals surface area (Å²) in [4.78, 5) is 29.4. The molecule has 0 aromatic heterocycles. The number of aliphatic imine (C=N–C) groups is 1. The van der Waals surface area contributed by atoms with Gasteiger partial charge in [-0.15, -0.1) is 0 Å². The van der Waals surface area contributed by atoms with E-state index >= 15 is 0 Å². The first-order chi connectivity index (χ1) is 10.1. The van der Waals surface area contributed by atoms with Crippen LogP contribution in [0.5, 0.6) is 0 Å². The van der Waals surface area contributed by atoms with Gasteiger partial charge < -0.3 is 5.11 Å². The molecule has 1 aliphatic rings. The van der Waals surface area contributed by atoms with Gasteiger partial charge in [0.25, 0.3) is 5.91 Å². The van der Waals surface area contributed by atoms with E-state index in [1.165, 1.54) is 11.8 Å². The topological polar surface area (TPSA) is 70.0 Å². The predicted molar refractivity (Wildman–Crippen MR) is 86.4 cm³/mol. The maximum absolute atomic E-state index is 12.2. The molecule has 1 aliphatic heterocycles. The lowest BCUT2D eigenvalue weighted by molar-refractivity contribution is -0.132. The summed E-state index contributed by atoms with van der Waals surface area (Å²) in [6.07, 6.45) is 7.26. The summed E-state index contributed by atoms with van der Waals surface area (Å²) in [5.41, 5.74) is 0. The van der Waals surface area contributed by atoms with E-state index in [1.807, 2.05) is 0 Å². The number of rotatable bonds is 9.